The van der Waals surface area contributed by atoms with Crippen LogP contribution in [0.25, 0.3) is 0 Å². The lowest BCUT2D eigenvalue weighted by Crippen LogP contribution is -2.30. The number of nitrogens with one attached hydrogen (secondary N) is 1. The van der Waals surface area contributed by atoms with Crippen LogP contribution in [0.5, 0.6) is 5.75 Å². The summed E-state index contributed by atoms with van der Waals surface area (Å²) in [5, 5.41) is 14.8. The van der Waals surface area contributed by atoms with Gasteiger partial charge in [0.15, 0.2) is 6.61 Å². The van der Waals surface area contributed by atoms with Crippen LogP contribution in [0.1, 0.15) is 19.2 Å². The first-order chi connectivity index (χ1) is 10.7. The number of amides is 1. The van der Waals surface area contributed by atoms with Crippen molar-refractivity contribution in [3.63, 3.8) is 0 Å². The SMILES string of the molecule is C[C@H]1C[C@H]1CNC(=O)Cn1nnc(COc2ccccc2)n1. The maximum atomic E-state index is 11.8. The van der Waals surface area contributed by atoms with Crippen LogP contribution in [0, 0.1) is 11.8 Å². The molecule has 1 saturated carbocycles. The quantitative estimate of drug-likeness (QED) is 0.826. The fourth-order valence-electron chi connectivity index (χ4n) is 2.18. The van der Waals surface area contributed by atoms with E-state index in [-0.39, 0.29) is 19.1 Å². The molecule has 116 valence electrons. The Morgan fingerprint density at radius 2 is 2.18 bits per heavy atom. The molecule has 0 bridgehead atoms. The van der Waals surface area contributed by atoms with Crippen molar-refractivity contribution < 1.29 is 9.53 Å². The van der Waals surface area contributed by atoms with E-state index in [0.717, 1.165) is 18.2 Å². The van der Waals surface area contributed by atoms with Gasteiger partial charge in [-0.25, -0.2) is 0 Å². The largest absolute Gasteiger partial charge is 0.485 e. The molecule has 2 atom stereocenters. The average Bonchev–Trinajstić information content (AvgIpc) is 3.05. The zero-order valence-corrected chi connectivity index (χ0v) is 12.5. The zero-order valence-electron chi connectivity index (χ0n) is 12.5. The van der Waals surface area contributed by atoms with E-state index in [0.29, 0.717) is 11.7 Å². The molecule has 0 saturated heterocycles. The summed E-state index contributed by atoms with van der Waals surface area (Å²) < 4.78 is 5.53. The second-order valence-corrected chi connectivity index (χ2v) is 5.61. The van der Waals surface area contributed by atoms with Crippen molar-refractivity contribution in [3.05, 3.63) is 36.2 Å². The third-order valence-corrected chi connectivity index (χ3v) is 3.73. The minimum atomic E-state index is -0.0907. The van der Waals surface area contributed by atoms with E-state index in [4.69, 9.17) is 4.74 Å². The van der Waals surface area contributed by atoms with Crippen molar-refractivity contribution in [1.29, 1.82) is 0 Å². The lowest BCUT2D eigenvalue weighted by molar-refractivity contribution is -0.122. The highest BCUT2D eigenvalue weighted by Gasteiger charge is 2.32. The molecule has 1 N–H and O–H groups in total. The van der Waals surface area contributed by atoms with Gasteiger partial charge in [0, 0.05) is 6.54 Å². The number of hydrogen-bond acceptors (Lipinski definition) is 5. The number of benzene rings is 1. The van der Waals surface area contributed by atoms with Crippen molar-refractivity contribution >= 4 is 5.91 Å². The van der Waals surface area contributed by atoms with E-state index < -0.39 is 0 Å². The molecule has 7 nitrogen and oxygen atoms in total. The van der Waals surface area contributed by atoms with Gasteiger partial charge in [-0.2, -0.15) is 4.80 Å². The number of carbonyl (C=O) groups is 1. The van der Waals surface area contributed by atoms with Gasteiger partial charge in [0.05, 0.1) is 0 Å². The minimum Gasteiger partial charge on any atom is -0.485 e. The van der Waals surface area contributed by atoms with Gasteiger partial charge in [0.1, 0.15) is 12.3 Å². The molecule has 3 rings (SSSR count). The van der Waals surface area contributed by atoms with Crippen LogP contribution in [0.2, 0.25) is 0 Å². The summed E-state index contributed by atoms with van der Waals surface area (Å²) in [6, 6.07) is 9.42. The average molecular weight is 301 g/mol. The van der Waals surface area contributed by atoms with Crippen LogP contribution in [0.4, 0.5) is 0 Å². The molecule has 1 aliphatic carbocycles. The van der Waals surface area contributed by atoms with Gasteiger partial charge in [-0.1, -0.05) is 25.1 Å². The summed E-state index contributed by atoms with van der Waals surface area (Å²) in [6.45, 7) is 3.23. The Kier molecular flexibility index (Phi) is 4.32. The fourth-order valence-corrected chi connectivity index (χ4v) is 2.18. The number of para-hydroxylation sites is 1. The van der Waals surface area contributed by atoms with Crippen molar-refractivity contribution in [2.24, 2.45) is 11.8 Å². The zero-order chi connectivity index (χ0) is 15.4. The summed E-state index contributed by atoms with van der Waals surface area (Å²) >= 11 is 0. The lowest BCUT2D eigenvalue weighted by atomic mass is 10.3. The number of ether oxygens (including phenoxy) is 1. The molecule has 0 unspecified atom stereocenters. The van der Waals surface area contributed by atoms with Crippen molar-refractivity contribution in [2.75, 3.05) is 6.54 Å². The predicted octanol–water partition coefficient (Wildman–Crippen LogP) is 1.02. The molecule has 1 aromatic heterocycles. The molecular weight excluding hydrogens is 282 g/mol. The summed E-state index contributed by atoms with van der Waals surface area (Å²) in [7, 11) is 0. The molecule has 22 heavy (non-hydrogen) atoms. The highest BCUT2D eigenvalue weighted by molar-refractivity contribution is 5.75. The monoisotopic (exact) mass is 301 g/mol. The maximum absolute atomic E-state index is 11.8. The van der Waals surface area contributed by atoms with Crippen LogP contribution in [0.3, 0.4) is 0 Å². The molecule has 1 heterocycles. The molecule has 1 amide bonds. The van der Waals surface area contributed by atoms with E-state index in [1.54, 1.807) is 0 Å². The van der Waals surface area contributed by atoms with Gasteiger partial charge in [-0.3, -0.25) is 4.79 Å². The molecule has 7 heteroatoms. The highest BCUT2D eigenvalue weighted by atomic mass is 16.5. The van der Waals surface area contributed by atoms with Crippen molar-refractivity contribution in [2.45, 2.75) is 26.5 Å². The Bertz CT molecular complexity index is 628. The second kappa shape index (κ2) is 6.55. The van der Waals surface area contributed by atoms with Gasteiger partial charge >= 0.3 is 0 Å². The number of tetrazole rings is 1. The molecule has 2 aromatic rings. The van der Waals surface area contributed by atoms with Crippen LogP contribution >= 0.6 is 0 Å². The number of rotatable bonds is 7. The van der Waals surface area contributed by atoms with E-state index in [1.807, 2.05) is 30.3 Å². The van der Waals surface area contributed by atoms with E-state index in [2.05, 4.69) is 27.7 Å². The van der Waals surface area contributed by atoms with Crippen molar-refractivity contribution in [1.82, 2.24) is 25.5 Å². The maximum Gasteiger partial charge on any atom is 0.243 e. The topological polar surface area (TPSA) is 81.9 Å². The summed E-state index contributed by atoms with van der Waals surface area (Å²) in [6.07, 6.45) is 1.20. The summed E-state index contributed by atoms with van der Waals surface area (Å²) in [5.41, 5.74) is 0. The molecular formula is C15H19N5O2. The third-order valence-electron chi connectivity index (χ3n) is 3.73. The van der Waals surface area contributed by atoms with E-state index >= 15 is 0 Å². The number of hydrogen-bond donors (Lipinski definition) is 1. The van der Waals surface area contributed by atoms with Gasteiger partial charge in [-0.05, 0) is 35.6 Å². The van der Waals surface area contributed by atoms with Crippen LogP contribution in [0.15, 0.2) is 30.3 Å². The first-order valence-corrected chi connectivity index (χ1v) is 7.42. The van der Waals surface area contributed by atoms with Crippen molar-refractivity contribution in [3.8, 4) is 5.75 Å². The molecule has 0 aliphatic heterocycles. The van der Waals surface area contributed by atoms with Gasteiger partial charge in [0.25, 0.3) is 0 Å². The second-order valence-electron chi connectivity index (χ2n) is 5.61. The highest BCUT2D eigenvalue weighted by Crippen LogP contribution is 2.36. The first kappa shape index (κ1) is 14.5. The molecule has 0 radical (unpaired) electrons. The number of nitrogens with zero attached hydrogens (tertiary/aromatic N) is 4. The van der Waals surface area contributed by atoms with Gasteiger partial charge < -0.3 is 10.1 Å². The Morgan fingerprint density at radius 3 is 2.91 bits per heavy atom. The van der Waals surface area contributed by atoms with Gasteiger partial charge in [-0.15, -0.1) is 10.2 Å². The number of carbonyl (C=O) groups excluding carboxylic acids is 1. The fraction of sp³-hybridized carbons (Fsp3) is 0.467. The Morgan fingerprint density at radius 1 is 1.41 bits per heavy atom. The van der Waals surface area contributed by atoms with Gasteiger partial charge in [0.2, 0.25) is 11.7 Å². The smallest absolute Gasteiger partial charge is 0.243 e. The normalized spacial score (nSPS) is 19.7. The van der Waals surface area contributed by atoms with E-state index in [1.165, 1.54) is 11.2 Å². The Balaban J connectivity index is 1.43. The summed E-state index contributed by atoms with van der Waals surface area (Å²) in [5.74, 6) is 2.46. The molecule has 1 fully saturated rings. The molecule has 1 aliphatic rings. The molecule has 0 spiro atoms. The standard InChI is InChI=1S/C15H19N5O2/c1-11-7-12(11)8-16-15(21)9-20-18-14(17-19-20)10-22-13-5-3-2-4-6-13/h2-6,11-12H,7-10H2,1H3,(H,16,21)/t11-,12-/m0/s1. The minimum absolute atomic E-state index is 0.0828. The van der Waals surface area contributed by atoms with Crippen LogP contribution < -0.4 is 10.1 Å². The first-order valence-electron chi connectivity index (χ1n) is 7.42. The molecule has 1 aromatic carbocycles. The predicted molar refractivity (Wildman–Crippen MR) is 78.9 cm³/mol. The Labute approximate surface area is 128 Å². The summed E-state index contributed by atoms with van der Waals surface area (Å²) in [4.78, 5) is 13.1. The lowest BCUT2D eigenvalue weighted by Gasteiger charge is -2.03. The van der Waals surface area contributed by atoms with E-state index in [9.17, 15) is 4.79 Å². The number of aromatic nitrogens is 4. The van der Waals surface area contributed by atoms with Crippen LogP contribution in [-0.2, 0) is 17.9 Å². The van der Waals surface area contributed by atoms with Crippen LogP contribution in [-0.4, -0.2) is 32.7 Å². The Hall–Kier alpha value is -2.44. The third kappa shape index (κ3) is 4.03.